The molecule has 1 aromatic carbocycles. The quantitative estimate of drug-likeness (QED) is 0.667. The van der Waals surface area contributed by atoms with Gasteiger partial charge in [-0.3, -0.25) is 4.79 Å². The van der Waals surface area contributed by atoms with Crippen molar-refractivity contribution in [2.45, 2.75) is 45.6 Å². The van der Waals surface area contributed by atoms with E-state index in [1.54, 1.807) is 0 Å². The third-order valence-electron chi connectivity index (χ3n) is 3.43. The van der Waals surface area contributed by atoms with Crippen LogP contribution in [0.25, 0.3) is 0 Å². The van der Waals surface area contributed by atoms with Gasteiger partial charge in [-0.2, -0.15) is 0 Å². The van der Waals surface area contributed by atoms with E-state index in [1.165, 1.54) is 0 Å². The Morgan fingerprint density at radius 1 is 1.35 bits per heavy atom. The van der Waals surface area contributed by atoms with E-state index < -0.39 is 0 Å². The number of aryl methyl sites for hydroxylation is 1. The molecule has 1 unspecified atom stereocenters. The summed E-state index contributed by atoms with van der Waals surface area (Å²) in [6.45, 7) is 6.71. The van der Waals surface area contributed by atoms with Crippen molar-refractivity contribution in [3.63, 3.8) is 0 Å². The summed E-state index contributed by atoms with van der Waals surface area (Å²) in [5.41, 5.74) is 13.1. The van der Waals surface area contributed by atoms with Crippen LogP contribution in [0.15, 0.2) is 24.3 Å². The Labute approximate surface area is 121 Å². The minimum atomic E-state index is -0.326. The number of nitrogen functional groups attached to an aromatic ring is 1. The fourth-order valence-corrected chi connectivity index (χ4v) is 2.50. The van der Waals surface area contributed by atoms with Crippen molar-refractivity contribution in [1.82, 2.24) is 5.32 Å². The summed E-state index contributed by atoms with van der Waals surface area (Å²) in [5, 5.41) is 3.06. The van der Waals surface area contributed by atoms with Crippen molar-refractivity contribution >= 4 is 11.6 Å². The van der Waals surface area contributed by atoms with Crippen LogP contribution in [-0.2, 0) is 11.2 Å². The highest BCUT2D eigenvalue weighted by Gasteiger charge is 2.25. The highest BCUT2D eigenvalue weighted by atomic mass is 16.1. The second-order valence-electron chi connectivity index (χ2n) is 6.11. The summed E-state index contributed by atoms with van der Waals surface area (Å²) in [5.74, 6) is 0.524. The van der Waals surface area contributed by atoms with E-state index in [0.29, 0.717) is 25.3 Å². The molecule has 0 fully saturated rings. The summed E-state index contributed by atoms with van der Waals surface area (Å²) in [7, 11) is 0. The SMILES string of the molecule is CC(C)CC(C)(CN)NC(=O)CCc1ccccc1N. The first-order chi connectivity index (χ1) is 9.36. The monoisotopic (exact) mass is 277 g/mol. The van der Waals surface area contributed by atoms with Gasteiger partial charge in [-0.05, 0) is 37.3 Å². The van der Waals surface area contributed by atoms with Crippen molar-refractivity contribution in [2.75, 3.05) is 12.3 Å². The van der Waals surface area contributed by atoms with Gasteiger partial charge in [0.1, 0.15) is 0 Å². The summed E-state index contributed by atoms with van der Waals surface area (Å²) < 4.78 is 0. The van der Waals surface area contributed by atoms with Crippen LogP contribution in [0.2, 0.25) is 0 Å². The predicted octanol–water partition coefficient (Wildman–Crippen LogP) is 2.08. The molecule has 4 nitrogen and oxygen atoms in total. The number of para-hydroxylation sites is 1. The first-order valence-electron chi connectivity index (χ1n) is 7.21. The van der Waals surface area contributed by atoms with Gasteiger partial charge >= 0.3 is 0 Å². The molecule has 0 spiro atoms. The zero-order chi connectivity index (χ0) is 15.2. The van der Waals surface area contributed by atoms with E-state index >= 15 is 0 Å². The molecule has 0 saturated heterocycles. The van der Waals surface area contributed by atoms with Gasteiger partial charge in [0.05, 0.1) is 0 Å². The number of benzene rings is 1. The molecule has 1 atom stereocenters. The van der Waals surface area contributed by atoms with E-state index in [0.717, 1.165) is 17.7 Å². The maximum atomic E-state index is 12.1. The summed E-state index contributed by atoms with van der Waals surface area (Å²) in [6.07, 6.45) is 1.96. The van der Waals surface area contributed by atoms with Gasteiger partial charge in [0.25, 0.3) is 0 Å². The summed E-state index contributed by atoms with van der Waals surface area (Å²) >= 11 is 0. The largest absolute Gasteiger partial charge is 0.399 e. The molecule has 0 aliphatic heterocycles. The number of amides is 1. The van der Waals surface area contributed by atoms with Crippen LogP contribution in [0.1, 0.15) is 39.2 Å². The van der Waals surface area contributed by atoms with Gasteiger partial charge in [-0.25, -0.2) is 0 Å². The highest BCUT2D eigenvalue weighted by molar-refractivity contribution is 5.77. The minimum Gasteiger partial charge on any atom is -0.399 e. The fraction of sp³-hybridized carbons (Fsp3) is 0.562. The first kappa shape index (κ1) is 16.5. The Kier molecular flexibility index (Phi) is 6.02. The number of nitrogens with one attached hydrogen (secondary N) is 1. The molecule has 20 heavy (non-hydrogen) atoms. The van der Waals surface area contributed by atoms with Crippen molar-refractivity contribution in [3.8, 4) is 0 Å². The lowest BCUT2D eigenvalue weighted by Gasteiger charge is -2.31. The topological polar surface area (TPSA) is 81.1 Å². The van der Waals surface area contributed by atoms with Crippen LogP contribution in [0.4, 0.5) is 5.69 Å². The zero-order valence-electron chi connectivity index (χ0n) is 12.8. The van der Waals surface area contributed by atoms with Gasteiger partial charge in [0.15, 0.2) is 0 Å². The lowest BCUT2D eigenvalue weighted by atomic mass is 9.90. The van der Waals surface area contributed by atoms with Gasteiger partial charge < -0.3 is 16.8 Å². The number of rotatable bonds is 7. The number of hydrogen-bond acceptors (Lipinski definition) is 3. The Morgan fingerprint density at radius 2 is 2.00 bits per heavy atom. The van der Waals surface area contributed by atoms with Crippen LogP contribution in [0, 0.1) is 5.92 Å². The molecule has 112 valence electrons. The Morgan fingerprint density at radius 3 is 2.55 bits per heavy atom. The molecule has 0 aliphatic rings. The molecular weight excluding hydrogens is 250 g/mol. The van der Waals surface area contributed by atoms with E-state index in [4.69, 9.17) is 11.5 Å². The Hall–Kier alpha value is -1.55. The molecule has 1 aromatic rings. The third-order valence-corrected chi connectivity index (χ3v) is 3.43. The van der Waals surface area contributed by atoms with Crippen LogP contribution in [-0.4, -0.2) is 18.0 Å². The van der Waals surface area contributed by atoms with Crippen LogP contribution >= 0.6 is 0 Å². The van der Waals surface area contributed by atoms with Crippen LogP contribution < -0.4 is 16.8 Å². The number of carbonyl (C=O) groups excluding carboxylic acids is 1. The van der Waals surface area contributed by atoms with Gasteiger partial charge in [-0.15, -0.1) is 0 Å². The van der Waals surface area contributed by atoms with E-state index in [1.807, 2.05) is 31.2 Å². The highest BCUT2D eigenvalue weighted by Crippen LogP contribution is 2.16. The number of anilines is 1. The maximum absolute atomic E-state index is 12.1. The molecule has 0 heterocycles. The molecule has 0 saturated carbocycles. The lowest BCUT2D eigenvalue weighted by Crippen LogP contribution is -2.52. The fourth-order valence-electron chi connectivity index (χ4n) is 2.50. The Bertz CT molecular complexity index is 445. The van der Waals surface area contributed by atoms with Gasteiger partial charge in [-0.1, -0.05) is 32.0 Å². The van der Waals surface area contributed by atoms with Crippen molar-refractivity contribution < 1.29 is 4.79 Å². The number of hydrogen-bond donors (Lipinski definition) is 3. The number of carbonyl (C=O) groups is 1. The molecular formula is C16H27N3O. The molecule has 5 N–H and O–H groups in total. The smallest absolute Gasteiger partial charge is 0.220 e. The molecule has 4 heteroatoms. The predicted molar refractivity (Wildman–Crippen MR) is 84.2 cm³/mol. The van der Waals surface area contributed by atoms with Crippen LogP contribution in [0.3, 0.4) is 0 Å². The zero-order valence-corrected chi connectivity index (χ0v) is 12.8. The molecule has 0 aromatic heterocycles. The molecule has 0 aliphatic carbocycles. The summed E-state index contributed by atoms with van der Waals surface area (Å²) in [6, 6.07) is 7.65. The second kappa shape index (κ2) is 7.29. The Balaban J connectivity index is 2.53. The van der Waals surface area contributed by atoms with E-state index in [-0.39, 0.29) is 11.4 Å². The average Bonchev–Trinajstić information content (AvgIpc) is 2.36. The number of nitrogens with two attached hydrogens (primary N) is 2. The van der Waals surface area contributed by atoms with Gasteiger partial charge in [0.2, 0.25) is 5.91 Å². The first-order valence-corrected chi connectivity index (χ1v) is 7.21. The van der Waals surface area contributed by atoms with Crippen LogP contribution in [0.5, 0.6) is 0 Å². The average molecular weight is 277 g/mol. The van der Waals surface area contributed by atoms with E-state index in [2.05, 4.69) is 19.2 Å². The van der Waals surface area contributed by atoms with Crippen molar-refractivity contribution in [3.05, 3.63) is 29.8 Å². The molecule has 1 amide bonds. The van der Waals surface area contributed by atoms with Crippen molar-refractivity contribution in [2.24, 2.45) is 11.7 Å². The standard InChI is InChI=1S/C16H27N3O/c1-12(2)10-16(3,11-17)19-15(20)9-8-13-6-4-5-7-14(13)18/h4-7,12H,8-11,17-18H2,1-3H3,(H,19,20). The summed E-state index contributed by atoms with van der Waals surface area (Å²) in [4.78, 5) is 12.1. The normalized spacial score (nSPS) is 14.1. The molecule has 0 bridgehead atoms. The lowest BCUT2D eigenvalue weighted by molar-refractivity contribution is -0.122. The molecule has 0 radical (unpaired) electrons. The molecule has 1 rings (SSSR count). The second-order valence-corrected chi connectivity index (χ2v) is 6.11. The maximum Gasteiger partial charge on any atom is 0.220 e. The van der Waals surface area contributed by atoms with Crippen molar-refractivity contribution in [1.29, 1.82) is 0 Å². The third kappa shape index (κ3) is 5.21. The van der Waals surface area contributed by atoms with E-state index in [9.17, 15) is 4.79 Å². The van der Waals surface area contributed by atoms with Gasteiger partial charge in [0, 0.05) is 24.2 Å². The minimum absolute atomic E-state index is 0.0295.